The van der Waals surface area contributed by atoms with Gasteiger partial charge in [0.15, 0.2) is 11.5 Å². The minimum absolute atomic E-state index is 0.0527. The maximum Gasteiger partial charge on any atom is 0.266 e. The summed E-state index contributed by atoms with van der Waals surface area (Å²) in [5.41, 5.74) is 2.57. The second-order valence-electron chi connectivity index (χ2n) is 6.04. The smallest absolute Gasteiger partial charge is 0.266 e. The fraction of sp³-hybridized carbons (Fsp3) is 0.143. The predicted molar refractivity (Wildman–Crippen MR) is 108 cm³/mol. The molecular formula is C21H19N5O3. The molecule has 0 bridgehead atoms. The van der Waals surface area contributed by atoms with Crippen molar-refractivity contribution in [2.45, 2.75) is 0 Å². The lowest BCUT2D eigenvalue weighted by molar-refractivity contribution is -0.112. The zero-order valence-corrected chi connectivity index (χ0v) is 16.2. The van der Waals surface area contributed by atoms with Crippen molar-refractivity contribution >= 4 is 17.7 Å². The van der Waals surface area contributed by atoms with Crippen LogP contribution in [0, 0.1) is 11.3 Å². The molecule has 29 heavy (non-hydrogen) atoms. The van der Waals surface area contributed by atoms with Crippen LogP contribution in [0.3, 0.4) is 0 Å². The number of nitrogens with zero attached hydrogens (tertiary/aromatic N) is 4. The molecule has 0 saturated heterocycles. The summed E-state index contributed by atoms with van der Waals surface area (Å²) in [5.74, 6) is 0.475. The first-order valence-electron chi connectivity index (χ1n) is 8.65. The van der Waals surface area contributed by atoms with Crippen LogP contribution in [0.2, 0.25) is 0 Å². The van der Waals surface area contributed by atoms with Gasteiger partial charge >= 0.3 is 0 Å². The number of ether oxygens (including phenoxy) is 2. The second-order valence-corrected chi connectivity index (χ2v) is 6.04. The van der Waals surface area contributed by atoms with Gasteiger partial charge in [-0.3, -0.25) is 14.5 Å². The summed E-state index contributed by atoms with van der Waals surface area (Å²) in [6, 6.07) is 10.5. The molecule has 0 unspecified atom stereocenters. The van der Waals surface area contributed by atoms with E-state index in [2.05, 4.69) is 15.4 Å². The Balaban J connectivity index is 1.90. The van der Waals surface area contributed by atoms with Gasteiger partial charge in [0, 0.05) is 48.5 Å². The molecule has 0 aliphatic heterocycles. The fourth-order valence-electron chi connectivity index (χ4n) is 2.76. The molecule has 0 aliphatic carbocycles. The highest BCUT2D eigenvalue weighted by Gasteiger charge is 2.15. The Bertz CT molecular complexity index is 1100. The van der Waals surface area contributed by atoms with Crippen molar-refractivity contribution in [2.75, 3.05) is 19.5 Å². The molecule has 0 spiro atoms. The molecule has 8 heteroatoms. The molecule has 0 fully saturated rings. The van der Waals surface area contributed by atoms with Gasteiger partial charge in [-0.1, -0.05) is 0 Å². The van der Waals surface area contributed by atoms with E-state index in [-0.39, 0.29) is 5.57 Å². The quantitative estimate of drug-likeness (QED) is 0.513. The summed E-state index contributed by atoms with van der Waals surface area (Å²) in [4.78, 5) is 16.6. The molecule has 0 aliphatic rings. The van der Waals surface area contributed by atoms with E-state index in [1.54, 1.807) is 48.5 Å². The van der Waals surface area contributed by atoms with Crippen molar-refractivity contribution in [1.82, 2.24) is 14.8 Å². The summed E-state index contributed by atoms with van der Waals surface area (Å²) in [7, 11) is 4.81. The third-order valence-electron chi connectivity index (χ3n) is 4.12. The van der Waals surface area contributed by atoms with Crippen molar-refractivity contribution in [1.29, 1.82) is 5.26 Å². The number of nitrogens with one attached hydrogen (secondary N) is 1. The van der Waals surface area contributed by atoms with Gasteiger partial charge in [-0.05, 0) is 30.3 Å². The highest BCUT2D eigenvalue weighted by molar-refractivity contribution is 6.10. The highest BCUT2D eigenvalue weighted by Crippen LogP contribution is 2.30. The molecular weight excluding hydrogens is 370 g/mol. The average molecular weight is 389 g/mol. The predicted octanol–water partition coefficient (Wildman–Crippen LogP) is 3.04. The number of hydrogen-bond acceptors (Lipinski definition) is 6. The lowest BCUT2D eigenvalue weighted by atomic mass is 10.1. The van der Waals surface area contributed by atoms with E-state index >= 15 is 0 Å². The Morgan fingerprint density at radius 1 is 1.17 bits per heavy atom. The highest BCUT2D eigenvalue weighted by atomic mass is 16.5. The number of rotatable bonds is 6. The number of carbonyl (C=O) groups is 1. The van der Waals surface area contributed by atoms with Gasteiger partial charge in [0.25, 0.3) is 5.91 Å². The third-order valence-corrected chi connectivity index (χ3v) is 4.12. The number of methoxy groups -OCH3 is 2. The minimum Gasteiger partial charge on any atom is -0.493 e. The van der Waals surface area contributed by atoms with E-state index < -0.39 is 5.91 Å². The molecule has 1 N–H and O–H groups in total. The molecule has 2 aromatic heterocycles. The summed E-state index contributed by atoms with van der Waals surface area (Å²) in [5, 5.41) is 16.7. The van der Waals surface area contributed by atoms with Crippen LogP contribution in [0.1, 0.15) is 5.56 Å². The van der Waals surface area contributed by atoms with Gasteiger partial charge in [0.05, 0.1) is 19.9 Å². The zero-order valence-electron chi connectivity index (χ0n) is 16.2. The number of amides is 1. The summed E-state index contributed by atoms with van der Waals surface area (Å²) in [6.07, 6.45) is 6.58. The SMILES string of the molecule is COc1ccc(NC(=O)C(C#N)=Cc2cn(C)nc2-c2ccncc2)cc1OC. The molecule has 0 radical (unpaired) electrons. The molecule has 3 rings (SSSR count). The van der Waals surface area contributed by atoms with Crippen LogP contribution in [0.15, 0.2) is 54.5 Å². The first-order chi connectivity index (χ1) is 14.0. The van der Waals surface area contributed by atoms with Crippen LogP contribution in [0.25, 0.3) is 17.3 Å². The molecule has 1 aromatic carbocycles. The lowest BCUT2D eigenvalue weighted by Gasteiger charge is -2.10. The van der Waals surface area contributed by atoms with Crippen LogP contribution in [0.5, 0.6) is 11.5 Å². The van der Waals surface area contributed by atoms with Crippen LogP contribution in [0.4, 0.5) is 5.69 Å². The molecule has 0 atom stereocenters. The Hall–Kier alpha value is -4.12. The molecule has 146 valence electrons. The normalized spacial score (nSPS) is 10.9. The van der Waals surface area contributed by atoms with Crippen LogP contribution >= 0.6 is 0 Å². The number of anilines is 1. The van der Waals surface area contributed by atoms with Crippen LogP contribution in [-0.2, 0) is 11.8 Å². The monoisotopic (exact) mass is 389 g/mol. The summed E-state index contributed by atoms with van der Waals surface area (Å²) in [6.45, 7) is 0. The third kappa shape index (κ3) is 4.42. The van der Waals surface area contributed by atoms with Gasteiger partial charge in [-0.25, -0.2) is 0 Å². The maximum atomic E-state index is 12.6. The number of carbonyl (C=O) groups excluding carboxylic acids is 1. The number of aryl methyl sites for hydroxylation is 1. The minimum atomic E-state index is -0.538. The molecule has 1 amide bonds. The Kier molecular flexibility index (Phi) is 5.90. The van der Waals surface area contributed by atoms with Crippen molar-refractivity contribution in [3.05, 3.63) is 60.1 Å². The Morgan fingerprint density at radius 3 is 2.55 bits per heavy atom. The number of nitriles is 1. The molecule has 3 aromatic rings. The number of hydrogen-bond donors (Lipinski definition) is 1. The standard InChI is InChI=1S/C21H19N5O3/c1-26-13-16(20(25-26)14-6-8-23-9-7-14)10-15(12-22)21(27)24-17-4-5-18(28-2)19(11-17)29-3/h4-11,13H,1-3H3,(H,24,27). The maximum absolute atomic E-state index is 12.6. The van der Waals surface area contributed by atoms with Crippen molar-refractivity contribution < 1.29 is 14.3 Å². The Morgan fingerprint density at radius 2 is 1.90 bits per heavy atom. The van der Waals surface area contributed by atoms with Crippen LogP contribution < -0.4 is 14.8 Å². The number of benzene rings is 1. The first-order valence-corrected chi connectivity index (χ1v) is 8.65. The average Bonchev–Trinajstić information content (AvgIpc) is 3.12. The van der Waals surface area contributed by atoms with Gasteiger partial charge < -0.3 is 14.8 Å². The lowest BCUT2D eigenvalue weighted by Crippen LogP contribution is -2.13. The van der Waals surface area contributed by atoms with Gasteiger partial charge in [-0.2, -0.15) is 10.4 Å². The van der Waals surface area contributed by atoms with Crippen molar-refractivity contribution in [3.8, 4) is 28.8 Å². The van der Waals surface area contributed by atoms with E-state index in [0.29, 0.717) is 28.4 Å². The van der Waals surface area contributed by atoms with Crippen molar-refractivity contribution in [3.63, 3.8) is 0 Å². The summed E-state index contributed by atoms with van der Waals surface area (Å²) >= 11 is 0. The van der Waals surface area contributed by atoms with Gasteiger partial charge in [0.1, 0.15) is 11.6 Å². The first kappa shape index (κ1) is 19.6. The summed E-state index contributed by atoms with van der Waals surface area (Å²) < 4.78 is 12.1. The van der Waals surface area contributed by atoms with E-state index in [0.717, 1.165) is 5.56 Å². The van der Waals surface area contributed by atoms with Crippen molar-refractivity contribution in [2.24, 2.45) is 7.05 Å². The van der Waals surface area contributed by atoms with Crippen LogP contribution in [-0.4, -0.2) is 34.9 Å². The number of pyridine rings is 1. The largest absolute Gasteiger partial charge is 0.493 e. The molecule has 2 heterocycles. The molecule has 8 nitrogen and oxygen atoms in total. The fourth-order valence-corrected chi connectivity index (χ4v) is 2.76. The topological polar surface area (TPSA) is 102 Å². The van der Waals surface area contributed by atoms with E-state index in [9.17, 15) is 10.1 Å². The van der Waals surface area contributed by atoms with E-state index in [1.165, 1.54) is 20.3 Å². The second kappa shape index (κ2) is 8.71. The van der Waals surface area contributed by atoms with Gasteiger partial charge in [-0.15, -0.1) is 0 Å². The zero-order chi connectivity index (χ0) is 20.8. The number of aromatic nitrogens is 3. The molecule has 0 saturated carbocycles. The van der Waals surface area contributed by atoms with E-state index in [1.807, 2.05) is 18.2 Å². The Labute approximate surface area is 168 Å². The van der Waals surface area contributed by atoms with E-state index in [4.69, 9.17) is 9.47 Å². The van der Waals surface area contributed by atoms with Gasteiger partial charge in [0.2, 0.25) is 0 Å².